The van der Waals surface area contributed by atoms with E-state index in [2.05, 4.69) is 45.7 Å². The molecule has 0 aliphatic rings. The van der Waals surface area contributed by atoms with Gasteiger partial charge in [0.05, 0.1) is 0 Å². The Kier molecular flexibility index (Phi) is 10.2. The predicted molar refractivity (Wildman–Crippen MR) is 79.4 cm³/mol. The molecule has 17 heavy (non-hydrogen) atoms. The van der Waals surface area contributed by atoms with Crippen molar-refractivity contribution in [2.24, 2.45) is 0 Å². The molecule has 0 aromatic heterocycles. The molecule has 0 fully saturated rings. The van der Waals surface area contributed by atoms with E-state index in [1.165, 1.54) is 44.1 Å². The van der Waals surface area contributed by atoms with Crippen LogP contribution in [0.5, 0.6) is 0 Å². The summed E-state index contributed by atoms with van der Waals surface area (Å²) in [6, 6.07) is 0.589. The molecule has 1 atom stereocenters. The van der Waals surface area contributed by atoms with E-state index in [1.54, 1.807) is 5.57 Å². The zero-order chi connectivity index (χ0) is 13.1. The first kappa shape index (κ1) is 16.4. The first-order valence-corrected chi connectivity index (χ1v) is 7.09. The Morgan fingerprint density at radius 1 is 1.29 bits per heavy atom. The fraction of sp³-hybridized carbons (Fsp3) is 0.750. The third-order valence-electron chi connectivity index (χ3n) is 3.02. The van der Waals surface area contributed by atoms with E-state index in [0.29, 0.717) is 6.04 Å². The Morgan fingerprint density at radius 2 is 2.00 bits per heavy atom. The summed E-state index contributed by atoms with van der Waals surface area (Å²) < 4.78 is 0. The van der Waals surface area contributed by atoms with Crippen LogP contribution in [0.4, 0.5) is 0 Å². The van der Waals surface area contributed by atoms with Crippen molar-refractivity contribution in [3.8, 4) is 0 Å². The van der Waals surface area contributed by atoms with Gasteiger partial charge >= 0.3 is 0 Å². The molecule has 0 bridgehead atoms. The summed E-state index contributed by atoms with van der Waals surface area (Å²) >= 11 is 0. The SMILES string of the molecule is C=C(C)CN[C@H](C)CC/C(C)=C\CCCCC. The highest BCUT2D eigenvalue weighted by atomic mass is 14.9. The minimum atomic E-state index is 0.589. The monoisotopic (exact) mass is 237 g/mol. The van der Waals surface area contributed by atoms with Crippen LogP contribution in [0.15, 0.2) is 23.8 Å². The van der Waals surface area contributed by atoms with E-state index >= 15 is 0 Å². The van der Waals surface area contributed by atoms with E-state index in [9.17, 15) is 0 Å². The van der Waals surface area contributed by atoms with Gasteiger partial charge in [0.1, 0.15) is 0 Å². The average Bonchev–Trinajstić information content (AvgIpc) is 2.29. The number of hydrogen-bond acceptors (Lipinski definition) is 1. The molecular formula is C16H31N. The average molecular weight is 237 g/mol. The highest BCUT2D eigenvalue weighted by Crippen LogP contribution is 2.10. The summed E-state index contributed by atoms with van der Waals surface area (Å²) in [5.41, 5.74) is 2.76. The quantitative estimate of drug-likeness (QED) is 0.423. The second-order valence-corrected chi connectivity index (χ2v) is 5.32. The van der Waals surface area contributed by atoms with E-state index in [4.69, 9.17) is 0 Å². The van der Waals surface area contributed by atoms with Gasteiger partial charge in [0, 0.05) is 12.6 Å². The number of allylic oxidation sites excluding steroid dienone is 2. The maximum atomic E-state index is 3.91. The topological polar surface area (TPSA) is 12.0 Å². The summed E-state index contributed by atoms with van der Waals surface area (Å²) in [5.74, 6) is 0. The first-order chi connectivity index (χ1) is 8.06. The molecule has 100 valence electrons. The molecule has 1 nitrogen and oxygen atoms in total. The Labute approximate surface area is 108 Å². The molecule has 0 radical (unpaired) electrons. The summed E-state index contributed by atoms with van der Waals surface area (Å²) in [6.07, 6.45) is 10.1. The van der Waals surface area contributed by atoms with Crippen LogP contribution >= 0.6 is 0 Å². The number of hydrogen-bond donors (Lipinski definition) is 1. The van der Waals surface area contributed by atoms with Crippen molar-refractivity contribution in [2.45, 2.75) is 72.3 Å². The van der Waals surface area contributed by atoms with Gasteiger partial charge in [-0.05, 0) is 46.5 Å². The molecule has 0 heterocycles. The van der Waals surface area contributed by atoms with Crippen LogP contribution < -0.4 is 5.32 Å². The van der Waals surface area contributed by atoms with Crippen molar-refractivity contribution in [1.29, 1.82) is 0 Å². The number of unbranched alkanes of at least 4 members (excludes halogenated alkanes) is 3. The summed E-state index contributed by atoms with van der Waals surface area (Å²) in [5, 5.41) is 3.49. The predicted octanol–water partition coefficient (Wildman–Crippen LogP) is 4.85. The van der Waals surface area contributed by atoms with E-state index in [-0.39, 0.29) is 0 Å². The lowest BCUT2D eigenvalue weighted by Gasteiger charge is -2.13. The van der Waals surface area contributed by atoms with Gasteiger partial charge in [-0.3, -0.25) is 0 Å². The van der Waals surface area contributed by atoms with Crippen LogP contribution in [-0.4, -0.2) is 12.6 Å². The number of nitrogens with one attached hydrogen (secondary N) is 1. The number of rotatable bonds is 10. The molecule has 0 rings (SSSR count). The van der Waals surface area contributed by atoms with Crippen molar-refractivity contribution in [1.82, 2.24) is 5.32 Å². The lowest BCUT2D eigenvalue weighted by Crippen LogP contribution is -2.27. The zero-order valence-electron chi connectivity index (χ0n) is 12.3. The maximum Gasteiger partial charge on any atom is 0.0161 e. The first-order valence-electron chi connectivity index (χ1n) is 7.09. The molecule has 0 aromatic rings. The molecule has 0 spiro atoms. The van der Waals surface area contributed by atoms with Crippen LogP contribution in [0.3, 0.4) is 0 Å². The third-order valence-corrected chi connectivity index (χ3v) is 3.02. The molecule has 0 unspecified atom stereocenters. The molecule has 0 aliphatic heterocycles. The molecule has 0 amide bonds. The standard InChI is InChI=1S/C16H31N/c1-6-7-8-9-10-15(4)11-12-16(5)17-13-14(2)3/h10,16-17H,2,6-9,11-13H2,1,3-5H3/b15-10-/t16-/m1/s1. The Bertz CT molecular complexity index is 228. The van der Waals surface area contributed by atoms with Gasteiger partial charge in [0.15, 0.2) is 0 Å². The second-order valence-electron chi connectivity index (χ2n) is 5.32. The molecule has 0 aromatic carbocycles. The largest absolute Gasteiger partial charge is 0.311 e. The maximum absolute atomic E-state index is 3.91. The van der Waals surface area contributed by atoms with Crippen molar-refractivity contribution < 1.29 is 0 Å². The normalized spacial score (nSPS) is 13.8. The molecule has 0 aliphatic carbocycles. The van der Waals surface area contributed by atoms with Crippen LogP contribution in [0.2, 0.25) is 0 Å². The van der Waals surface area contributed by atoms with Crippen molar-refractivity contribution in [3.05, 3.63) is 23.8 Å². The molecular weight excluding hydrogens is 206 g/mol. The van der Waals surface area contributed by atoms with Crippen LogP contribution in [-0.2, 0) is 0 Å². The van der Waals surface area contributed by atoms with Crippen LogP contribution in [0.25, 0.3) is 0 Å². The summed E-state index contributed by atoms with van der Waals surface area (Å²) in [7, 11) is 0. The summed E-state index contributed by atoms with van der Waals surface area (Å²) in [4.78, 5) is 0. The molecule has 0 saturated carbocycles. The summed E-state index contributed by atoms with van der Waals surface area (Å²) in [6.45, 7) is 13.7. The van der Waals surface area contributed by atoms with Gasteiger partial charge in [0.25, 0.3) is 0 Å². The van der Waals surface area contributed by atoms with Gasteiger partial charge < -0.3 is 5.32 Å². The highest BCUT2D eigenvalue weighted by molar-refractivity contribution is 4.98. The smallest absolute Gasteiger partial charge is 0.0161 e. The Morgan fingerprint density at radius 3 is 2.59 bits per heavy atom. The molecule has 1 heteroatoms. The van der Waals surface area contributed by atoms with Gasteiger partial charge in [0.2, 0.25) is 0 Å². The van der Waals surface area contributed by atoms with Crippen molar-refractivity contribution in [3.63, 3.8) is 0 Å². The van der Waals surface area contributed by atoms with Crippen LogP contribution in [0, 0.1) is 0 Å². The minimum absolute atomic E-state index is 0.589. The zero-order valence-corrected chi connectivity index (χ0v) is 12.3. The van der Waals surface area contributed by atoms with E-state index in [0.717, 1.165) is 6.54 Å². The van der Waals surface area contributed by atoms with Gasteiger partial charge in [-0.2, -0.15) is 0 Å². The lowest BCUT2D eigenvalue weighted by molar-refractivity contribution is 0.535. The minimum Gasteiger partial charge on any atom is -0.311 e. The Hall–Kier alpha value is -0.560. The lowest BCUT2D eigenvalue weighted by atomic mass is 10.1. The third kappa shape index (κ3) is 11.7. The van der Waals surface area contributed by atoms with Gasteiger partial charge in [-0.1, -0.05) is 43.6 Å². The molecule has 0 saturated heterocycles. The van der Waals surface area contributed by atoms with Gasteiger partial charge in [-0.25, -0.2) is 0 Å². The fourth-order valence-corrected chi connectivity index (χ4v) is 1.74. The van der Waals surface area contributed by atoms with E-state index < -0.39 is 0 Å². The second kappa shape index (κ2) is 10.6. The van der Waals surface area contributed by atoms with Crippen LogP contribution in [0.1, 0.15) is 66.2 Å². The Balaban J connectivity index is 3.60. The fourth-order valence-electron chi connectivity index (χ4n) is 1.74. The highest BCUT2D eigenvalue weighted by Gasteiger charge is 2.01. The van der Waals surface area contributed by atoms with Gasteiger partial charge in [-0.15, -0.1) is 0 Å². The van der Waals surface area contributed by atoms with E-state index in [1.807, 2.05) is 0 Å². The van der Waals surface area contributed by atoms with Crippen molar-refractivity contribution in [2.75, 3.05) is 6.54 Å². The molecule has 1 N–H and O–H groups in total. The van der Waals surface area contributed by atoms with Crippen molar-refractivity contribution >= 4 is 0 Å².